The quantitative estimate of drug-likeness (QED) is 0.790. The molecule has 0 aliphatic carbocycles. The van der Waals surface area contributed by atoms with Crippen molar-refractivity contribution >= 4 is 17.3 Å². The average molecular weight is 262 g/mol. The van der Waals surface area contributed by atoms with E-state index in [4.69, 9.17) is 5.73 Å². The molecule has 1 fully saturated rings. The van der Waals surface area contributed by atoms with E-state index in [0.29, 0.717) is 17.9 Å². The zero-order chi connectivity index (χ0) is 13.7. The fourth-order valence-electron chi connectivity index (χ4n) is 2.27. The van der Waals surface area contributed by atoms with Gasteiger partial charge in [0.25, 0.3) is 0 Å². The number of amides is 1. The number of hydrogen-bond donors (Lipinski definition) is 2. The average Bonchev–Trinajstić information content (AvgIpc) is 2.42. The van der Waals surface area contributed by atoms with Gasteiger partial charge in [-0.05, 0) is 18.7 Å². The Labute approximate surface area is 114 Å². The van der Waals surface area contributed by atoms with Gasteiger partial charge in [0.1, 0.15) is 0 Å². The van der Waals surface area contributed by atoms with Crippen molar-refractivity contribution in [2.45, 2.75) is 6.92 Å². The Bertz CT molecular complexity index is 427. The van der Waals surface area contributed by atoms with Crippen LogP contribution in [0.25, 0.3) is 0 Å². The largest absolute Gasteiger partial charge is 0.397 e. The van der Waals surface area contributed by atoms with Crippen molar-refractivity contribution in [2.24, 2.45) is 0 Å². The van der Waals surface area contributed by atoms with Gasteiger partial charge < -0.3 is 16.0 Å². The molecule has 2 rings (SSSR count). The summed E-state index contributed by atoms with van der Waals surface area (Å²) in [5.41, 5.74) is 7.10. The van der Waals surface area contributed by atoms with Crippen LogP contribution in [-0.4, -0.2) is 55.0 Å². The van der Waals surface area contributed by atoms with Gasteiger partial charge in [-0.1, -0.05) is 19.1 Å². The van der Waals surface area contributed by atoms with E-state index in [-0.39, 0.29) is 5.91 Å². The van der Waals surface area contributed by atoms with Crippen molar-refractivity contribution in [1.82, 2.24) is 9.80 Å². The van der Waals surface area contributed by atoms with Crippen LogP contribution in [0.3, 0.4) is 0 Å². The number of nitrogens with one attached hydrogen (secondary N) is 1. The maximum atomic E-state index is 12.0. The van der Waals surface area contributed by atoms with Gasteiger partial charge in [0.2, 0.25) is 5.91 Å². The molecule has 0 radical (unpaired) electrons. The molecule has 1 aliphatic heterocycles. The van der Waals surface area contributed by atoms with Crippen molar-refractivity contribution in [2.75, 3.05) is 50.3 Å². The van der Waals surface area contributed by atoms with Crippen LogP contribution in [0.15, 0.2) is 24.3 Å². The molecule has 0 bridgehead atoms. The lowest BCUT2D eigenvalue weighted by Crippen LogP contribution is -2.48. The molecular formula is C14H22N4O. The van der Waals surface area contributed by atoms with Crippen LogP contribution in [0.5, 0.6) is 0 Å². The minimum Gasteiger partial charge on any atom is -0.397 e. The predicted molar refractivity (Wildman–Crippen MR) is 78.0 cm³/mol. The SMILES string of the molecule is CCN1CCN(CC(=O)Nc2ccccc2N)CC1. The molecule has 1 amide bonds. The lowest BCUT2D eigenvalue weighted by atomic mass is 10.2. The second kappa shape index (κ2) is 6.54. The highest BCUT2D eigenvalue weighted by Crippen LogP contribution is 2.16. The minimum atomic E-state index is 0.00264. The van der Waals surface area contributed by atoms with E-state index < -0.39 is 0 Å². The summed E-state index contributed by atoms with van der Waals surface area (Å²) in [6.07, 6.45) is 0. The maximum absolute atomic E-state index is 12.0. The van der Waals surface area contributed by atoms with Crippen LogP contribution in [-0.2, 0) is 4.79 Å². The third-order valence-electron chi connectivity index (χ3n) is 3.51. The summed E-state index contributed by atoms with van der Waals surface area (Å²) in [6.45, 7) is 7.67. The highest BCUT2D eigenvalue weighted by molar-refractivity contribution is 5.95. The first kappa shape index (κ1) is 13.8. The van der Waals surface area contributed by atoms with Crippen LogP contribution < -0.4 is 11.1 Å². The molecule has 1 aliphatic rings. The molecule has 104 valence electrons. The summed E-state index contributed by atoms with van der Waals surface area (Å²) in [5, 5.41) is 2.86. The number of para-hydroxylation sites is 2. The van der Waals surface area contributed by atoms with Gasteiger partial charge in [0.05, 0.1) is 17.9 Å². The van der Waals surface area contributed by atoms with Crippen LogP contribution in [0.2, 0.25) is 0 Å². The molecular weight excluding hydrogens is 240 g/mol. The van der Waals surface area contributed by atoms with E-state index >= 15 is 0 Å². The summed E-state index contributed by atoms with van der Waals surface area (Å²) in [4.78, 5) is 16.5. The van der Waals surface area contributed by atoms with Crippen LogP contribution in [0, 0.1) is 0 Å². The Balaban J connectivity index is 1.81. The zero-order valence-corrected chi connectivity index (χ0v) is 11.4. The second-order valence-corrected chi connectivity index (χ2v) is 4.85. The standard InChI is InChI=1S/C14H22N4O/c1-2-17-7-9-18(10-8-17)11-14(19)16-13-6-4-3-5-12(13)15/h3-6H,2,7-11,15H2,1H3,(H,16,19). The Hall–Kier alpha value is -1.59. The smallest absolute Gasteiger partial charge is 0.238 e. The number of anilines is 2. The Morgan fingerprint density at radius 3 is 2.47 bits per heavy atom. The number of rotatable bonds is 4. The van der Waals surface area contributed by atoms with Gasteiger partial charge in [0.15, 0.2) is 0 Å². The van der Waals surface area contributed by atoms with Gasteiger partial charge in [0, 0.05) is 26.2 Å². The summed E-state index contributed by atoms with van der Waals surface area (Å²) < 4.78 is 0. The highest BCUT2D eigenvalue weighted by atomic mass is 16.2. The molecule has 0 spiro atoms. The first-order valence-electron chi connectivity index (χ1n) is 6.78. The van der Waals surface area contributed by atoms with Crippen molar-refractivity contribution in [3.8, 4) is 0 Å². The van der Waals surface area contributed by atoms with Crippen molar-refractivity contribution in [1.29, 1.82) is 0 Å². The summed E-state index contributed by atoms with van der Waals surface area (Å²) in [6, 6.07) is 7.33. The predicted octanol–water partition coefficient (Wildman–Crippen LogP) is 0.845. The molecule has 1 aromatic rings. The molecule has 1 aromatic carbocycles. The van der Waals surface area contributed by atoms with Crippen LogP contribution >= 0.6 is 0 Å². The maximum Gasteiger partial charge on any atom is 0.238 e. The fourth-order valence-corrected chi connectivity index (χ4v) is 2.27. The van der Waals surface area contributed by atoms with E-state index in [1.165, 1.54) is 0 Å². The number of nitrogens with zero attached hydrogens (tertiary/aromatic N) is 2. The summed E-state index contributed by atoms with van der Waals surface area (Å²) >= 11 is 0. The Kier molecular flexibility index (Phi) is 4.76. The molecule has 0 atom stereocenters. The van der Waals surface area contributed by atoms with Gasteiger partial charge in [-0.3, -0.25) is 9.69 Å². The number of benzene rings is 1. The van der Waals surface area contributed by atoms with E-state index in [1.54, 1.807) is 6.07 Å². The van der Waals surface area contributed by atoms with Crippen molar-refractivity contribution in [3.63, 3.8) is 0 Å². The number of nitrogen functional groups attached to an aromatic ring is 1. The molecule has 5 heteroatoms. The number of likely N-dealkylation sites (N-methyl/N-ethyl adjacent to an activating group) is 1. The first-order chi connectivity index (χ1) is 9.19. The van der Waals surface area contributed by atoms with Crippen molar-refractivity contribution < 1.29 is 4.79 Å². The van der Waals surface area contributed by atoms with E-state index in [1.807, 2.05) is 18.2 Å². The summed E-state index contributed by atoms with van der Waals surface area (Å²) in [7, 11) is 0. The molecule has 19 heavy (non-hydrogen) atoms. The van der Waals surface area contributed by atoms with Gasteiger partial charge in [-0.15, -0.1) is 0 Å². The molecule has 0 unspecified atom stereocenters. The van der Waals surface area contributed by atoms with E-state index in [2.05, 4.69) is 22.0 Å². The Morgan fingerprint density at radius 1 is 1.21 bits per heavy atom. The van der Waals surface area contributed by atoms with Crippen LogP contribution in [0.1, 0.15) is 6.92 Å². The fraction of sp³-hybridized carbons (Fsp3) is 0.500. The molecule has 3 N–H and O–H groups in total. The first-order valence-corrected chi connectivity index (χ1v) is 6.78. The number of carbonyl (C=O) groups excluding carboxylic acids is 1. The zero-order valence-electron chi connectivity index (χ0n) is 11.4. The number of nitrogens with two attached hydrogens (primary N) is 1. The number of carbonyl (C=O) groups is 1. The molecule has 0 saturated carbocycles. The van der Waals surface area contributed by atoms with Gasteiger partial charge >= 0.3 is 0 Å². The molecule has 1 heterocycles. The van der Waals surface area contributed by atoms with Gasteiger partial charge in [-0.25, -0.2) is 0 Å². The lowest BCUT2D eigenvalue weighted by Gasteiger charge is -2.33. The third-order valence-corrected chi connectivity index (χ3v) is 3.51. The Morgan fingerprint density at radius 2 is 1.84 bits per heavy atom. The van der Waals surface area contributed by atoms with Crippen LogP contribution in [0.4, 0.5) is 11.4 Å². The molecule has 5 nitrogen and oxygen atoms in total. The van der Waals surface area contributed by atoms with E-state index in [0.717, 1.165) is 32.7 Å². The number of hydrogen-bond acceptors (Lipinski definition) is 4. The lowest BCUT2D eigenvalue weighted by molar-refractivity contribution is -0.117. The highest BCUT2D eigenvalue weighted by Gasteiger charge is 2.17. The number of piperazine rings is 1. The molecule has 0 aromatic heterocycles. The minimum absolute atomic E-state index is 0.00264. The third kappa shape index (κ3) is 3.94. The molecule has 1 saturated heterocycles. The second-order valence-electron chi connectivity index (χ2n) is 4.85. The monoisotopic (exact) mass is 262 g/mol. The van der Waals surface area contributed by atoms with Gasteiger partial charge in [-0.2, -0.15) is 0 Å². The topological polar surface area (TPSA) is 61.6 Å². The summed E-state index contributed by atoms with van der Waals surface area (Å²) in [5.74, 6) is 0.00264. The van der Waals surface area contributed by atoms with Crippen molar-refractivity contribution in [3.05, 3.63) is 24.3 Å². The van der Waals surface area contributed by atoms with E-state index in [9.17, 15) is 4.79 Å². The normalized spacial score (nSPS) is 17.3.